The van der Waals surface area contributed by atoms with Gasteiger partial charge in [-0.15, -0.1) is 0 Å². The maximum absolute atomic E-state index is 12.2. The van der Waals surface area contributed by atoms with E-state index in [4.69, 9.17) is 14.2 Å². The summed E-state index contributed by atoms with van der Waals surface area (Å²) in [6.45, 7) is 16.5. The van der Waals surface area contributed by atoms with Crippen LogP contribution in [-0.2, 0) is 19.0 Å². The first kappa shape index (κ1) is 22.9. The monoisotopic (exact) mass is 361 g/mol. The fraction of sp³-hybridized carbons (Fsp3) is 0.882. The van der Waals surface area contributed by atoms with Crippen molar-refractivity contribution >= 4 is 20.1 Å². The molecular weight excluding hydrogens is 326 g/mol. The van der Waals surface area contributed by atoms with Gasteiger partial charge in [0.05, 0.1) is 0 Å². The summed E-state index contributed by atoms with van der Waals surface area (Å²) in [4.78, 5) is 24.0. The highest BCUT2D eigenvalue weighted by Crippen LogP contribution is 2.11. The van der Waals surface area contributed by atoms with Crippen LogP contribution < -0.4 is 5.32 Å². The summed E-state index contributed by atoms with van der Waals surface area (Å²) in [6, 6.07) is 0.274. The zero-order chi connectivity index (χ0) is 19.0. The van der Waals surface area contributed by atoms with Gasteiger partial charge in [0.25, 0.3) is 0 Å². The number of nitrogens with one attached hydrogen (secondary N) is 1. The Labute approximate surface area is 147 Å². The van der Waals surface area contributed by atoms with Crippen LogP contribution in [0.1, 0.15) is 41.0 Å². The summed E-state index contributed by atoms with van der Waals surface area (Å²) >= 11 is 0. The molecule has 6 nitrogen and oxygen atoms in total. The van der Waals surface area contributed by atoms with E-state index < -0.39 is 31.8 Å². The van der Waals surface area contributed by atoms with Gasteiger partial charge in [-0.3, -0.25) is 0 Å². The van der Waals surface area contributed by atoms with E-state index in [1.165, 1.54) is 0 Å². The summed E-state index contributed by atoms with van der Waals surface area (Å²) in [6.07, 6.45) is -0.141. The second kappa shape index (κ2) is 10.0. The lowest BCUT2D eigenvalue weighted by Gasteiger charge is -2.23. The summed E-state index contributed by atoms with van der Waals surface area (Å²) in [5.41, 5.74) is -0.615. The summed E-state index contributed by atoms with van der Waals surface area (Å²) < 4.78 is 15.7. The lowest BCUT2D eigenvalue weighted by Crippen LogP contribution is -2.45. The smallest absolute Gasteiger partial charge is 0.408 e. The van der Waals surface area contributed by atoms with E-state index in [2.05, 4.69) is 25.0 Å². The average Bonchev–Trinajstić information content (AvgIpc) is 2.32. The molecule has 0 spiro atoms. The summed E-state index contributed by atoms with van der Waals surface area (Å²) in [5, 5.41) is 2.59. The van der Waals surface area contributed by atoms with Crippen LogP contribution in [0.15, 0.2) is 0 Å². The fourth-order valence-corrected chi connectivity index (χ4v) is 2.53. The van der Waals surface area contributed by atoms with E-state index in [0.717, 1.165) is 6.04 Å². The molecule has 7 heteroatoms. The third-order valence-corrected chi connectivity index (χ3v) is 4.67. The van der Waals surface area contributed by atoms with Crippen LogP contribution in [0.3, 0.4) is 0 Å². The SMILES string of the molecule is CC(C)C[C@H](NC(=O)OC(C)(C)C)C(=O)OCOCC[Si](C)(C)C. The normalized spacial score (nSPS) is 13.5. The molecule has 0 bridgehead atoms. The van der Waals surface area contributed by atoms with E-state index in [0.29, 0.717) is 13.0 Å². The van der Waals surface area contributed by atoms with E-state index >= 15 is 0 Å². The zero-order valence-electron chi connectivity index (χ0n) is 16.5. The van der Waals surface area contributed by atoms with Gasteiger partial charge in [0.2, 0.25) is 0 Å². The van der Waals surface area contributed by atoms with Gasteiger partial charge in [-0.25, -0.2) is 9.59 Å². The Morgan fingerprint density at radius 1 is 1.12 bits per heavy atom. The van der Waals surface area contributed by atoms with Crippen LogP contribution in [-0.4, -0.2) is 45.2 Å². The first-order chi connectivity index (χ1) is 10.8. The number of esters is 1. The molecule has 0 aromatic carbocycles. The number of carbonyl (C=O) groups excluding carboxylic acids is 2. The Bertz CT molecular complexity index is 399. The molecule has 0 rings (SSSR count). The third-order valence-electron chi connectivity index (χ3n) is 2.96. The van der Waals surface area contributed by atoms with Gasteiger partial charge in [-0.1, -0.05) is 33.5 Å². The predicted octanol–water partition coefficient (Wildman–Crippen LogP) is 3.78. The summed E-state index contributed by atoms with van der Waals surface area (Å²) in [5.74, 6) is -0.271. The molecule has 0 aromatic heterocycles. The topological polar surface area (TPSA) is 73.9 Å². The van der Waals surface area contributed by atoms with Gasteiger partial charge in [-0.05, 0) is 39.2 Å². The highest BCUT2D eigenvalue weighted by atomic mass is 28.3. The number of carbonyl (C=O) groups is 2. The number of rotatable bonds is 9. The van der Waals surface area contributed by atoms with Crippen molar-refractivity contribution in [3.8, 4) is 0 Å². The largest absolute Gasteiger partial charge is 0.444 e. The van der Waals surface area contributed by atoms with E-state index in [9.17, 15) is 9.59 Å². The van der Waals surface area contributed by atoms with E-state index in [-0.39, 0.29) is 12.7 Å². The Morgan fingerprint density at radius 3 is 2.17 bits per heavy atom. The molecule has 1 atom stereocenters. The molecule has 142 valence electrons. The van der Waals surface area contributed by atoms with Gasteiger partial charge >= 0.3 is 12.1 Å². The Kier molecular flexibility index (Phi) is 9.58. The minimum atomic E-state index is -1.16. The molecule has 1 amide bonds. The number of ether oxygens (including phenoxy) is 3. The van der Waals surface area contributed by atoms with Crippen LogP contribution >= 0.6 is 0 Å². The molecule has 0 aliphatic rings. The lowest BCUT2D eigenvalue weighted by atomic mass is 10.0. The standard InChI is InChI=1S/C17H35NO5Si/c1-13(2)11-14(18-16(20)23-17(3,4)5)15(19)22-12-21-9-10-24(6,7)8/h13-14H,9-12H2,1-8H3,(H,18,20)/t14-/m0/s1. The van der Waals surface area contributed by atoms with E-state index in [1.807, 2.05) is 13.8 Å². The fourth-order valence-electron chi connectivity index (χ4n) is 1.77. The molecule has 0 unspecified atom stereocenters. The van der Waals surface area contributed by atoms with Gasteiger partial charge in [0, 0.05) is 14.7 Å². The van der Waals surface area contributed by atoms with Crippen molar-refractivity contribution in [2.75, 3.05) is 13.4 Å². The van der Waals surface area contributed by atoms with Crippen molar-refractivity contribution in [2.24, 2.45) is 5.92 Å². The maximum Gasteiger partial charge on any atom is 0.408 e. The first-order valence-corrected chi connectivity index (χ1v) is 12.2. The first-order valence-electron chi connectivity index (χ1n) is 8.54. The number of hydrogen-bond acceptors (Lipinski definition) is 5. The molecule has 24 heavy (non-hydrogen) atoms. The number of alkyl carbamates (subject to hydrolysis) is 1. The van der Waals surface area contributed by atoms with Crippen molar-refractivity contribution < 1.29 is 23.8 Å². The van der Waals surface area contributed by atoms with Crippen molar-refractivity contribution in [3.05, 3.63) is 0 Å². The van der Waals surface area contributed by atoms with Crippen molar-refractivity contribution in [1.82, 2.24) is 5.32 Å². The summed E-state index contributed by atoms with van der Waals surface area (Å²) in [7, 11) is -1.16. The molecular formula is C17H35NO5Si. The van der Waals surface area contributed by atoms with Crippen LogP contribution in [0.2, 0.25) is 25.7 Å². The minimum absolute atomic E-state index is 0.0894. The molecule has 0 fully saturated rings. The highest BCUT2D eigenvalue weighted by molar-refractivity contribution is 6.76. The third kappa shape index (κ3) is 13.4. The Balaban J connectivity index is 4.38. The number of hydrogen-bond donors (Lipinski definition) is 1. The Hall–Kier alpha value is -1.08. The van der Waals surface area contributed by atoms with Gasteiger partial charge in [0.15, 0.2) is 6.79 Å². The van der Waals surface area contributed by atoms with Crippen LogP contribution in [0.5, 0.6) is 0 Å². The van der Waals surface area contributed by atoms with Crippen molar-refractivity contribution in [3.63, 3.8) is 0 Å². The van der Waals surface area contributed by atoms with Gasteiger partial charge < -0.3 is 19.5 Å². The molecule has 1 N–H and O–H groups in total. The van der Waals surface area contributed by atoms with Gasteiger partial charge in [-0.2, -0.15) is 0 Å². The molecule has 0 heterocycles. The molecule has 0 aromatic rings. The average molecular weight is 362 g/mol. The second-order valence-corrected chi connectivity index (χ2v) is 14.2. The lowest BCUT2D eigenvalue weighted by molar-refractivity contribution is -0.158. The maximum atomic E-state index is 12.2. The minimum Gasteiger partial charge on any atom is -0.444 e. The quantitative estimate of drug-likeness (QED) is 0.293. The van der Waals surface area contributed by atoms with Crippen molar-refractivity contribution in [1.29, 1.82) is 0 Å². The molecule has 0 aliphatic carbocycles. The molecule has 0 saturated carbocycles. The molecule has 0 saturated heterocycles. The van der Waals surface area contributed by atoms with Gasteiger partial charge in [0.1, 0.15) is 11.6 Å². The van der Waals surface area contributed by atoms with Crippen LogP contribution in [0.4, 0.5) is 4.79 Å². The van der Waals surface area contributed by atoms with Crippen LogP contribution in [0.25, 0.3) is 0 Å². The second-order valence-electron chi connectivity index (χ2n) is 8.63. The Morgan fingerprint density at radius 2 is 1.71 bits per heavy atom. The predicted molar refractivity (Wildman–Crippen MR) is 97.7 cm³/mol. The van der Waals surface area contributed by atoms with Crippen molar-refractivity contribution in [2.45, 2.75) is 78.4 Å². The zero-order valence-corrected chi connectivity index (χ0v) is 17.5. The number of amides is 1. The highest BCUT2D eigenvalue weighted by Gasteiger charge is 2.26. The van der Waals surface area contributed by atoms with Crippen LogP contribution in [0, 0.1) is 5.92 Å². The molecule has 0 radical (unpaired) electrons. The molecule has 0 aliphatic heterocycles. The van der Waals surface area contributed by atoms with E-state index in [1.54, 1.807) is 20.8 Å².